The van der Waals surface area contributed by atoms with Gasteiger partial charge in [-0.3, -0.25) is 0 Å². The SMILES string of the molecule is COCCNCC(C)CCCc1ccccc1. The quantitative estimate of drug-likeness (QED) is 0.665. The Hall–Kier alpha value is -0.860. The number of methoxy groups -OCH3 is 1. The number of aryl methyl sites for hydroxylation is 1. The first-order chi connectivity index (χ1) is 8.33. The van der Waals surface area contributed by atoms with Crippen LogP contribution in [0.4, 0.5) is 0 Å². The lowest BCUT2D eigenvalue weighted by Gasteiger charge is -2.12. The molecule has 1 unspecified atom stereocenters. The number of ether oxygens (including phenoxy) is 1. The highest BCUT2D eigenvalue weighted by Gasteiger charge is 2.01. The van der Waals surface area contributed by atoms with Gasteiger partial charge in [0.2, 0.25) is 0 Å². The van der Waals surface area contributed by atoms with Crippen molar-refractivity contribution in [3.8, 4) is 0 Å². The summed E-state index contributed by atoms with van der Waals surface area (Å²) in [6, 6.07) is 10.7. The molecule has 0 radical (unpaired) electrons. The number of hydrogen-bond donors (Lipinski definition) is 1. The third-order valence-electron chi connectivity index (χ3n) is 2.98. The van der Waals surface area contributed by atoms with Gasteiger partial charge in [-0.05, 0) is 37.3 Å². The van der Waals surface area contributed by atoms with E-state index in [0.29, 0.717) is 0 Å². The number of rotatable bonds is 9. The first kappa shape index (κ1) is 14.2. The van der Waals surface area contributed by atoms with Gasteiger partial charge in [-0.2, -0.15) is 0 Å². The van der Waals surface area contributed by atoms with E-state index in [1.165, 1.54) is 24.8 Å². The standard InChI is InChI=1S/C15H25NO/c1-14(13-16-11-12-17-2)7-6-10-15-8-4-3-5-9-15/h3-5,8-9,14,16H,6-7,10-13H2,1-2H3. The molecular weight excluding hydrogens is 210 g/mol. The predicted molar refractivity (Wildman–Crippen MR) is 73.3 cm³/mol. The van der Waals surface area contributed by atoms with E-state index in [4.69, 9.17) is 4.74 Å². The molecule has 0 aliphatic carbocycles. The molecule has 0 saturated heterocycles. The molecule has 2 nitrogen and oxygen atoms in total. The number of benzene rings is 1. The van der Waals surface area contributed by atoms with Gasteiger partial charge in [0.05, 0.1) is 6.61 Å². The highest BCUT2D eigenvalue weighted by atomic mass is 16.5. The van der Waals surface area contributed by atoms with E-state index in [1.54, 1.807) is 7.11 Å². The fraction of sp³-hybridized carbons (Fsp3) is 0.600. The van der Waals surface area contributed by atoms with E-state index >= 15 is 0 Å². The summed E-state index contributed by atoms with van der Waals surface area (Å²) in [5.41, 5.74) is 1.45. The van der Waals surface area contributed by atoms with Crippen molar-refractivity contribution in [2.45, 2.75) is 26.2 Å². The molecule has 0 fully saturated rings. The zero-order valence-electron chi connectivity index (χ0n) is 11.1. The van der Waals surface area contributed by atoms with E-state index in [1.807, 2.05) is 0 Å². The fourth-order valence-corrected chi connectivity index (χ4v) is 1.92. The van der Waals surface area contributed by atoms with E-state index in [0.717, 1.165) is 25.6 Å². The summed E-state index contributed by atoms with van der Waals surface area (Å²) in [6.45, 7) is 5.17. The minimum absolute atomic E-state index is 0.746. The number of nitrogens with one attached hydrogen (secondary N) is 1. The summed E-state index contributed by atoms with van der Waals surface area (Å²) in [5.74, 6) is 0.746. The normalized spacial score (nSPS) is 12.6. The molecule has 0 amide bonds. The molecule has 0 aromatic heterocycles. The van der Waals surface area contributed by atoms with Gasteiger partial charge in [0.1, 0.15) is 0 Å². The van der Waals surface area contributed by atoms with Crippen LogP contribution in [0.3, 0.4) is 0 Å². The molecule has 0 spiro atoms. The van der Waals surface area contributed by atoms with Crippen molar-refractivity contribution in [3.05, 3.63) is 35.9 Å². The van der Waals surface area contributed by atoms with Crippen molar-refractivity contribution in [1.29, 1.82) is 0 Å². The second-order valence-corrected chi connectivity index (χ2v) is 4.68. The van der Waals surface area contributed by atoms with Gasteiger partial charge in [0.25, 0.3) is 0 Å². The summed E-state index contributed by atoms with van der Waals surface area (Å²) < 4.78 is 5.00. The Balaban J connectivity index is 2.02. The monoisotopic (exact) mass is 235 g/mol. The molecule has 17 heavy (non-hydrogen) atoms. The van der Waals surface area contributed by atoms with E-state index in [9.17, 15) is 0 Å². The molecule has 1 aromatic carbocycles. The van der Waals surface area contributed by atoms with Crippen molar-refractivity contribution >= 4 is 0 Å². The van der Waals surface area contributed by atoms with Gasteiger partial charge >= 0.3 is 0 Å². The summed E-state index contributed by atoms with van der Waals surface area (Å²) in [7, 11) is 1.74. The van der Waals surface area contributed by atoms with Crippen LogP contribution in [-0.4, -0.2) is 26.8 Å². The van der Waals surface area contributed by atoms with Gasteiger partial charge in [0, 0.05) is 13.7 Å². The zero-order chi connectivity index (χ0) is 12.3. The van der Waals surface area contributed by atoms with Crippen molar-refractivity contribution in [3.63, 3.8) is 0 Å². The lowest BCUT2D eigenvalue weighted by Crippen LogP contribution is -2.24. The van der Waals surface area contributed by atoms with Crippen molar-refractivity contribution < 1.29 is 4.74 Å². The molecular formula is C15H25NO. The Morgan fingerprint density at radius 1 is 1.24 bits per heavy atom. The molecule has 0 aliphatic rings. The van der Waals surface area contributed by atoms with E-state index in [-0.39, 0.29) is 0 Å². The first-order valence-corrected chi connectivity index (χ1v) is 6.56. The molecule has 0 saturated carbocycles. The summed E-state index contributed by atoms with van der Waals surface area (Å²) in [6.07, 6.45) is 3.76. The minimum atomic E-state index is 0.746. The van der Waals surface area contributed by atoms with Crippen LogP contribution in [0.25, 0.3) is 0 Å². The van der Waals surface area contributed by atoms with Gasteiger partial charge in [0.15, 0.2) is 0 Å². The molecule has 1 atom stereocenters. The maximum Gasteiger partial charge on any atom is 0.0587 e. The molecule has 1 aromatic rings. The largest absolute Gasteiger partial charge is 0.383 e. The van der Waals surface area contributed by atoms with Crippen LogP contribution in [0.5, 0.6) is 0 Å². The van der Waals surface area contributed by atoms with Crippen LogP contribution >= 0.6 is 0 Å². The van der Waals surface area contributed by atoms with Crippen LogP contribution in [0, 0.1) is 5.92 Å². The van der Waals surface area contributed by atoms with Gasteiger partial charge in [-0.25, -0.2) is 0 Å². The molecule has 0 heterocycles. The second kappa shape index (κ2) is 9.20. The average Bonchev–Trinajstić information content (AvgIpc) is 2.36. The lowest BCUT2D eigenvalue weighted by molar-refractivity contribution is 0.198. The summed E-state index contributed by atoms with van der Waals surface area (Å²) >= 11 is 0. The topological polar surface area (TPSA) is 21.3 Å². The maximum absolute atomic E-state index is 5.00. The van der Waals surface area contributed by atoms with E-state index in [2.05, 4.69) is 42.6 Å². The van der Waals surface area contributed by atoms with Crippen LogP contribution in [0.15, 0.2) is 30.3 Å². The lowest BCUT2D eigenvalue weighted by atomic mass is 10.0. The van der Waals surface area contributed by atoms with E-state index < -0.39 is 0 Å². The predicted octanol–water partition coefficient (Wildman–Crippen LogP) is 2.88. The van der Waals surface area contributed by atoms with Gasteiger partial charge in [-0.15, -0.1) is 0 Å². The zero-order valence-corrected chi connectivity index (χ0v) is 11.1. The van der Waals surface area contributed by atoms with Crippen molar-refractivity contribution in [2.24, 2.45) is 5.92 Å². The number of hydrogen-bond acceptors (Lipinski definition) is 2. The minimum Gasteiger partial charge on any atom is -0.383 e. The van der Waals surface area contributed by atoms with Gasteiger partial charge < -0.3 is 10.1 Å². The average molecular weight is 235 g/mol. The summed E-state index contributed by atoms with van der Waals surface area (Å²) in [5, 5.41) is 3.41. The fourth-order valence-electron chi connectivity index (χ4n) is 1.92. The smallest absolute Gasteiger partial charge is 0.0587 e. The molecule has 0 bridgehead atoms. The van der Waals surface area contributed by atoms with Crippen LogP contribution in [-0.2, 0) is 11.2 Å². The molecule has 1 rings (SSSR count). The first-order valence-electron chi connectivity index (χ1n) is 6.56. The Morgan fingerprint density at radius 3 is 2.71 bits per heavy atom. The van der Waals surface area contributed by atoms with Crippen LogP contribution < -0.4 is 5.32 Å². The Kier molecular flexibility index (Phi) is 7.69. The highest BCUT2D eigenvalue weighted by Crippen LogP contribution is 2.09. The molecule has 1 N–H and O–H groups in total. The molecule has 0 aliphatic heterocycles. The van der Waals surface area contributed by atoms with Gasteiger partial charge in [-0.1, -0.05) is 37.3 Å². The maximum atomic E-state index is 5.00. The highest BCUT2D eigenvalue weighted by molar-refractivity contribution is 5.14. The van der Waals surface area contributed by atoms with Crippen molar-refractivity contribution in [2.75, 3.05) is 26.8 Å². The third-order valence-corrected chi connectivity index (χ3v) is 2.98. The Bertz CT molecular complexity index is 274. The van der Waals surface area contributed by atoms with Crippen LogP contribution in [0.1, 0.15) is 25.3 Å². The Labute approximate surface area is 105 Å². The molecule has 96 valence electrons. The second-order valence-electron chi connectivity index (χ2n) is 4.68. The summed E-state index contributed by atoms with van der Waals surface area (Å²) in [4.78, 5) is 0. The molecule has 2 heteroatoms. The third kappa shape index (κ3) is 7.14. The van der Waals surface area contributed by atoms with Crippen LogP contribution in [0.2, 0.25) is 0 Å². The Morgan fingerprint density at radius 2 is 2.00 bits per heavy atom. The van der Waals surface area contributed by atoms with Crippen molar-refractivity contribution in [1.82, 2.24) is 5.32 Å².